The average molecular weight is 630 g/mol. The summed E-state index contributed by atoms with van der Waals surface area (Å²) < 4.78 is 2.62. The van der Waals surface area contributed by atoms with E-state index in [0.29, 0.717) is 0 Å². The van der Waals surface area contributed by atoms with Gasteiger partial charge < -0.3 is 4.90 Å². The monoisotopic (exact) mass is 629 g/mol. The summed E-state index contributed by atoms with van der Waals surface area (Å²) in [5.74, 6) is 0. The van der Waals surface area contributed by atoms with Crippen molar-refractivity contribution in [1.82, 2.24) is 0 Å². The number of fused-ring (bicyclic) bond motifs is 4. The lowest BCUT2D eigenvalue weighted by molar-refractivity contribution is 1.29. The van der Waals surface area contributed by atoms with Gasteiger partial charge in [0.25, 0.3) is 0 Å². The number of thiophene rings is 1. The topological polar surface area (TPSA) is 3.24 Å². The van der Waals surface area contributed by atoms with Gasteiger partial charge in [-0.05, 0) is 87.1 Å². The molecule has 226 valence electrons. The van der Waals surface area contributed by atoms with Gasteiger partial charge in [0.15, 0.2) is 0 Å². The molecule has 8 aromatic carbocycles. The number of benzene rings is 8. The van der Waals surface area contributed by atoms with Crippen molar-refractivity contribution in [3.63, 3.8) is 0 Å². The molecule has 48 heavy (non-hydrogen) atoms. The van der Waals surface area contributed by atoms with Crippen LogP contribution in [-0.2, 0) is 0 Å². The minimum absolute atomic E-state index is 1.12. The lowest BCUT2D eigenvalue weighted by Gasteiger charge is -2.26. The van der Waals surface area contributed by atoms with E-state index in [2.05, 4.69) is 193 Å². The molecule has 1 heterocycles. The second-order valence-electron chi connectivity index (χ2n) is 12.2. The molecule has 0 fully saturated rings. The maximum absolute atomic E-state index is 2.39. The average Bonchev–Trinajstić information content (AvgIpc) is 3.54. The summed E-state index contributed by atoms with van der Waals surface area (Å²) in [7, 11) is 0. The van der Waals surface area contributed by atoms with Crippen molar-refractivity contribution in [3.8, 4) is 33.4 Å². The van der Waals surface area contributed by atoms with Crippen LogP contribution in [0.5, 0.6) is 0 Å². The predicted octanol–water partition coefficient (Wildman–Crippen LogP) is 13.7. The number of hydrogen-bond donors (Lipinski definition) is 0. The molecule has 0 atom stereocenters. The molecule has 0 aliphatic rings. The lowest BCUT2D eigenvalue weighted by Crippen LogP contribution is -2.10. The molecule has 0 aliphatic carbocycles. The van der Waals surface area contributed by atoms with E-state index in [0.717, 1.165) is 17.1 Å². The first-order valence-electron chi connectivity index (χ1n) is 16.3. The molecular weight excluding hydrogens is 599 g/mol. The summed E-state index contributed by atoms with van der Waals surface area (Å²) in [6.07, 6.45) is 0. The largest absolute Gasteiger partial charge is 0.310 e. The van der Waals surface area contributed by atoms with Crippen LogP contribution in [0.4, 0.5) is 17.1 Å². The molecule has 9 aromatic rings. The highest BCUT2D eigenvalue weighted by atomic mass is 32.1. The zero-order valence-electron chi connectivity index (χ0n) is 26.3. The summed E-state index contributed by atoms with van der Waals surface area (Å²) in [5.41, 5.74) is 10.7. The fraction of sp³-hybridized carbons (Fsp3) is 0. The molecule has 0 radical (unpaired) electrons. The zero-order valence-corrected chi connectivity index (χ0v) is 27.1. The van der Waals surface area contributed by atoms with Crippen molar-refractivity contribution in [1.29, 1.82) is 0 Å². The highest BCUT2D eigenvalue weighted by molar-refractivity contribution is 7.26. The fourth-order valence-electron chi connectivity index (χ4n) is 6.83. The number of hydrogen-bond acceptors (Lipinski definition) is 2. The first kappa shape index (κ1) is 28.3. The third kappa shape index (κ3) is 5.13. The van der Waals surface area contributed by atoms with Gasteiger partial charge >= 0.3 is 0 Å². The molecule has 0 saturated heterocycles. The second kappa shape index (κ2) is 12.0. The Balaban J connectivity index is 1.18. The van der Waals surface area contributed by atoms with Crippen LogP contribution in [0.2, 0.25) is 0 Å². The van der Waals surface area contributed by atoms with Gasteiger partial charge in [-0.15, -0.1) is 11.3 Å². The van der Waals surface area contributed by atoms with Crippen LogP contribution in [0.1, 0.15) is 0 Å². The Morgan fingerprint density at radius 3 is 1.60 bits per heavy atom. The Labute approximate surface area is 284 Å². The summed E-state index contributed by atoms with van der Waals surface area (Å²) in [6.45, 7) is 0. The number of rotatable bonds is 6. The van der Waals surface area contributed by atoms with E-state index in [9.17, 15) is 0 Å². The minimum atomic E-state index is 1.12. The molecule has 2 heteroatoms. The highest BCUT2D eigenvalue weighted by Gasteiger charge is 2.19. The van der Waals surface area contributed by atoms with E-state index in [1.807, 2.05) is 11.3 Å². The molecule has 0 amide bonds. The van der Waals surface area contributed by atoms with E-state index in [1.165, 1.54) is 64.3 Å². The van der Waals surface area contributed by atoms with Gasteiger partial charge in [-0.25, -0.2) is 0 Å². The van der Waals surface area contributed by atoms with E-state index >= 15 is 0 Å². The SMILES string of the molecule is c1ccc(-c2ccc(-c3ccc(N(c4ccccc4)c4cc(-c5ccc6ccccc6c5)c5sc6ccccc6c5c4)cc3)cc2)cc1. The van der Waals surface area contributed by atoms with Crippen LogP contribution < -0.4 is 4.90 Å². The van der Waals surface area contributed by atoms with Crippen molar-refractivity contribution in [2.75, 3.05) is 4.90 Å². The Kier molecular flexibility index (Phi) is 7.07. The summed E-state index contributed by atoms with van der Waals surface area (Å²) >= 11 is 1.88. The number of nitrogens with zero attached hydrogens (tertiary/aromatic N) is 1. The van der Waals surface area contributed by atoms with E-state index in [1.54, 1.807) is 0 Å². The minimum Gasteiger partial charge on any atom is -0.310 e. The Hall–Kier alpha value is -5.96. The molecule has 0 spiro atoms. The Morgan fingerprint density at radius 2 is 0.875 bits per heavy atom. The van der Waals surface area contributed by atoms with Gasteiger partial charge in [0.2, 0.25) is 0 Å². The third-order valence-corrected chi connectivity index (χ3v) is 10.5. The van der Waals surface area contributed by atoms with E-state index in [-0.39, 0.29) is 0 Å². The quantitative estimate of drug-likeness (QED) is 0.177. The van der Waals surface area contributed by atoms with Crippen molar-refractivity contribution < 1.29 is 0 Å². The van der Waals surface area contributed by atoms with Gasteiger partial charge in [0.1, 0.15) is 0 Å². The van der Waals surface area contributed by atoms with Gasteiger partial charge in [-0.2, -0.15) is 0 Å². The summed E-state index contributed by atoms with van der Waals surface area (Å²) in [4.78, 5) is 2.39. The third-order valence-electron chi connectivity index (χ3n) is 9.25. The maximum atomic E-state index is 2.39. The van der Waals surface area contributed by atoms with Crippen LogP contribution in [0, 0.1) is 0 Å². The normalized spacial score (nSPS) is 11.3. The van der Waals surface area contributed by atoms with Crippen LogP contribution in [0.3, 0.4) is 0 Å². The first-order valence-corrected chi connectivity index (χ1v) is 17.2. The number of para-hydroxylation sites is 1. The van der Waals surface area contributed by atoms with Crippen molar-refractivity contribution in [3.05, 3.63) is 188 Å². The summed E-state index contributed by atoms with van der Waals surface area (Å²) in [6, 6.07) is 68.1. The molecule has 0 bridgehead atoms. The Bertz CT molecular complexity index is 2530. The zero-order chi connectivity index (χ0) is 31.9. The van der Waals surface area contributed by atoms with Crippen molar-refractivity contribution in [2.45, 2.75) is 0 Å². The standard InChI is InChI=1S/C46H31NS/c1-3-11-32(12-4-1)34-19-21-35(22-20-34)36-25-27-40(28-26-36)47(39-15-5-2-6-16-39)41-30-43(38-24-23-33-13-7-8-14-37(33)29-38)46-44(31-41)42-17-9-10-18-45(42)48-46/h1-31H. The number of anilines is 3. The molecule has 0 saturated carbocycles. The van der Waals surface area contributed by atoms with Gasteiger partial charge in [0, 0.05) is 42.8 Å². The molecular formula is C46H31NS. The molecule has 1 aromatic heterocycles. The smallest absolute Gasteiger partial charge is 0.0475 e. The highest BCUT2D eigenvalue weighted by Crippen LogP contribution is 2.46. The molecule has 0 N–H and O–H groups in total. The predicted molar refractivity (Wildman–Crippen MR) is 208 cm³/mol. The molecule has 0 unspecified atom stereocenters. The van der Waals surface area contributed by atoms with Crippen LogP contribution in [0.25, 0.3) is 64.3 Å². The fourth-order valence-corrected chi connectivity index (χ4v) is 8.05. The first-order chi connectivity index (χ1) is 23.8. The van der Waals surface area contributed by atoms with Gasteiger partial charge in [0.05, 0.1) is 0 Å². The molecule has 1 nitrogen and oxygen atoms in total. The second-order valence-corrected chi connectivity index (χ2v) is 13.2. The van der Waals surface area contributed by atoms with Crippen LogP contribution >= 0.6 is 11.3 Å². The van der Waals surface area contributed by atoms with Crippen LogP contribution in [-0.4, -0.2) is 0 Å². The van der Waals surface area contributed by atoms with Gasteiger partial charge in [-0.1, -0.05) is 140 Å². The maximum Gasteiger partial charge on any atom is 0.0475 e. The van der Waals surface area contributed by atoms with E-state index < -0.39 is 0 Å². The van der Waals surface area contributed by atoms with Crippen LogP contribution in [0.15, 0.2) is 188 Å². The van der Waals surface area contributed by atoms with Crippen molar-refractivity contribution >= 4 is 59.3 Å². The molecule has 9 rings (SSSR count). The van der Waals surface area contributed by atoms with E-state index in [4.69, 9.17) is 0 Å². The van der Waals surface area contributed by atoms with Gasteiger partial charge in [-0.3, -0.25) is 0 Å². The Morgan fingerprint density at radius 1 is 0.333 bits per heavy atom. The van der Waals surface area contributed by atoms with Crippen molar-refractivity contribution in [2.24, 2.45) is 0 Å². The summed E-state index contributed by atoms with van der Waals surface area (Å²) in [5, 5.41) is 5.09. The lowest BCUT2D eigenvalue weighted by atomic mass is 9.98. The molecule has 0 aliphatic heterocycles.